The van der Waals surface area contributed by atoms with Gasteiger partial charge >= 0.3 is 0 Å². The number of ether oxygens (including phenoxy) is 6. The topological polar surface area (TPSA) is 278 Å². The molecule has 11 N–H and O–H groups in total. The van der Waals surface area contributed by atoms with E-state index >= 15 is 0 Å². The van der Waals surface area contributed by atoms with E-state index in [1.165, 1.54) is 0 Å². The molecule has 0 radical (unpaired) electrons. The molecule has 17 nitrogen and oxygen atoms in total. The number of hydrogen-bond acceptors (Lipinski definition) is 17. The molecule has 3 saturated heterocycles. The molecule has 314 valence electrons. The van der Waals surface area contributed by atoms with Gasteiger partial charge in [-0.05, 0) is 12.8 Å². The van der Waals surface area contributed by atoms with Crippen molar-refractivity contribution in [2.24, 2.45) is 5.41 Å². The van der Waals surface area contributed by atoms with Gasteiger partial charge in [-0.25, -0.2) is 0 Å². The van der Waals surface area contributed by atoms with Crippen LogP contribution in [0, 0.1) is 5.41 Å². The first-order chi connectivity index (χ1) is 25.4. The Bertz CT molecular complexity index is 976. The normalized spacial score (nSPS) is 39.2. The Morgan fingerprint density at radius 2 is 0.811 bits per heavy atom. The highest BCUT2D eigenvalue weighted by atomic mass is 16.7. The molecule has 0 unspecified atom stereocenters. The average molecular weight is 773 g/mol. The van der Waals surface area contributed by atoms with Crippen LogP contribution in [-0.4, -0.2) is 181 Å². The molecule has 0 aliphatic carbocycles. The van der Waals surface area contributed by atoms with E-state index in [0.29, 0.717) is 12.8 Å². The van der Waals surface area contributed by atoms with Gasteiger partial charge in [0, 0.05) is 5.41 Å². The largest absolute Gasteiger partial charge is 0.394 e. The molecule has 3 fully saturated rings. The quantitative estimate of drug-likeness (QED) is 0.0500. The van der Waals surface area contributed by atoms with Gasteiger partial charge in [0.25, 0.3) is 0 Å². The Labute approximate surface area is 312 Å². The first-order valence-electron chi connectivity index (χ1n) is 19.5. The number of unbranched alkanes of at least 4 members (excludes halogenated alkanes) is 9. The molecule has 16 atom stereocenters. The summed E-state index contributed by atoms with van der Waals surface area (Å²) in [6.45, 7) is 2.13. The third kappa shape index (κ3) is 12.9. The zero-order chi connectivity index (χ0) is 39.1. The summed E-state index contributed by atoms with van der Waals surface area (Å²) in [5, 5.41) is 114. The summed E-state index contributed by atoms with van der Waals surface area (Å²) in [7, 11) is 0. The van der Waals surface area contributed by atoms with Crippen LogP contribution in [0.4, 0.5) is 0 Å². The molecule has 0 aromatic carbocycles. The Balaban J connectivity index is 1.79. The second-order valence-corrected chi connectivity index (χ2v) is 15.0. The SMILES string of the molecule is CCCCCCCC[C@@](CCCCCCC)(CO[C@@H]1O[C@H](CO)[C@@H](O)[C@H](O)[C@H]1O)CO[C@@H]1O[C@H](CO)[C@@H](O[C@H]2O[C@H](CO)[C@@H](O)[C@H](O)[C@H]2O)[C@H](O)[C@H]1O. The van der Waals surface area contributed by atoms with Gasteiger partial charge in [0.2, 0.25) is 0 Å². The van der Waals surface area contributed by atoms with Crippen molar-refractivity contribution in [1.29, 1.82) is 0 Å². The molecular formula is C36H68O17. The number of aliphatic hydroxyl groups is 11. The molecular weight excluding hydrogens is 704 g/mol. The second-order valence-electron chi connectivity index (χ2n) is 15.0. The maximum absolute atomic E-state index is 11.2. The number of hydrogen-bond donors (Lipinski definition) is 11. The van der Waals surface area contributed by atoms with Gasteiger partial charge in [0.1, 0.15) is 73.2 Å². The molecule has 3 aliphatic heterocycles. The van der Waals surface area contributed by atoms with E-state index in [1.54, 1.807) is 0 Å². The lowest BCUT2D eigenvalue weighted by atomic mass is 9.79. The summed E-state index contributed by atoms with van der Waals surface area (Å²) < 4.78 is 34.9. The van der Waals surface area contributed by atoms with Crippen LogP contribution < -0.4 is 0 Å². The molecule has 0 aromatic heterocycles. The summed E-state index contributed by atoms with van der Waals surface area (Å²) in [6.07, 6.45) is -11.1. The predicted octanol–water partition coefficient (Wildman–Crippen LogP) is -1.46. The maximum Gasteiger partial charge on any atom is 0.187 e. The van der Waals surface area contributed by atoms with E-state index in [0.717, 1.165) is 70.6 Å². The van der Waals surface area contributed by atoms with E-state index in [2.05, 4.69) is 13.8 Å². The van der Waals surface area contributed by atoms with Crippen molar-refractivity contribution in [3.63, 3.8) is 0 Å². The van der Waals surface area contributed by atoms with Crippen LogP contribution in [0.3, 0.4) is 0 Å². The fourth-order valence-corrected chi connectivity index (χ4v) is 7.26. The molecule has 0 saturated carbocycles. The van der Waals surface area contributed by atoms with Crippen molar-refractivity contribution in [3.05, 3.63) is 0 Å². The van der Waals surface area contributed by atoms with Crippen molar-refractivity contribution in [1.82, 2.24) is 0 Å². The molecule has 53 heavy (non-hydrogen) atoms. The lowest BCUT2D eigenvalue weighted by molar-refractivity contribution is -0.361. The Hall–Kier alpha value is -0.680. The van der Waals surface area contributed by atoms with Crippen LogP contribution >= 0.6 is 0 Å². The van der Waals surface area contributed by atoms with Gasteiger partial charge in [-0.15, -0.1) is 0 Å². The second kappa shape index (κ2) is 23.5. The van der Waals surface area contributed by atoms with Gasteiger partial charge in [-0.3, -0.25) is 0 Å². The highest BCUT2D eigenvalue weighted by Gasteiger charge is 2.51. The van der Waals surface area contributed by atoms with E-state index in [-0.39, 0.29) is 13.2 Å². The highest BCUT2D eigenvalue weighted by molar-refractivity contribution is 4.95. The first kappa shape index (κ1) is 46.7. The van der Waals surface area contributed by atoms with Crippen molar-refractivity contribution < 1.29 is 84.6 Å². The minimum Gasteiger partial charge on any atom is -0.394 e. The Kier molecular flexibility index (Phi) is 20.7. The molecule has 0 amide bonds. The van der Waals surface area contributed by atoms with Gasteiger partial charge in [-0.2, -0.15) is 0 Å². The van der Waals surface area contributed by atoms with Gasteiger partial charge in [0.05, 0.1) is 33.0 Å². The summed E-state index contributed by atoms with van der Waals surface area (Å²) >= 11 is 0. The molecule has 0 bridgehead atoms. The lowest BCUT2D eigenvalue weighted by Gasteiger charge is -2.46. The van der Waals surface area contributed by atoms with Crippen LogP contribution in [0.2, 0.25) is 0 Å². The van der Waals surface area contributed by atoms with Gasteiger partial charge in [0.15, 0.2) is 18.9 Å². The predicted molar refractivity (Wildman–Crippen MR) is 186 cm³/mol. The lowest BCUT2D eigenvalue weighted by Crippen LogP contribution is -2.64. The van der Waals surface area contributed by atoms with Crippen molar-refractivity contribution in [2.75, 3.05) is 33.0 Å². The van der Waals surface area contributed by atoms with E-state index in [1.807, 2.05) is 0 Å². The molecule has 3 heterocycles. The molecule has 3 aliphatic rings. The standard InChI is InChI=1S/C36H68O17/c1-3-5-7-9-11-13-15-36(14-12-10-8-6-4-2,19-48-33-29(45)26(42)24(40)21(16-37)50-33)20-49-34-31(47)28(44)32(23(18-39)52-34)53-35-30(46)27(43)25(41)22(17-38)51-35/h21-35,37-47H,3-20H2,1-2H3/t21-,22-,23-,24-,25-,26+,27+,28-,29-,30-,31-,32-,33-,34-,35-,36+/m1/s1. The number of rotatable bonds is 24. The highest BCUT2D eigenvalue weighted by Crippen LogP contribution is 2.37. The Morgan fingerprint density at radius 3 is 1.26 bits per heavy atom. The molecule has 0 spiro atoms. The van der Waals surface area contributed by atoms with Gasteiger partial charge in [-0.1, -0.05) is 84.5 Å². The van der Waals surface area contributed by atoms with Crippen LogP contribution in [-0.2, 0) is 28.4 Å². The fraction of sp³-hybridized carbons (Fsp3) is 1.00. The minimum atomic E-state index is -1.80. The maximum atomic E-state index is 11.2. The van der Waals surface area contributed by atoms with Crippen molar-refractivity contribution >= 4 is 0 Å². The van der Waals surface area contributed by atoms with Gasteiger partial charge < -0.3 is 84.6 Å². The molecule has 3 rings (SSSR count). The zero-order valence-corrected chi connectivity index (χ0v) is 31.3. The number of aliphatic hydroxyl groups excluding tert-OH is 11. The summed E-state index contributed by atoms with van der Waals surface area (Å²) in [5.41, 5.74) is -0.748. The van der Waals surface area contributed by atoms with Crippen LogP contribution in [0.1, 0.15) is 97.3 Å². The van der Waals surface area contributed by atoms with Crippen LogP contribution in [0.15, 0.2) is 0 Å². The van der Waals surface area contributed by atoms with E-state index < -0.39 is 117 Å². The van der Waals surface area contributed by atoms with Crippen LogP contribution in [0.25, 0.3) is 0 Å². The Morgan fingerprint density at radius 1 is 0.434 bits per heavy atom. The monoisotopic (exact) mass is 772 g/mol. The van der Waals surface area contributed by atoms with E-state index in [9.17, 15) is 56.2 Å². The molecule has 17 heteroatoms. The third-order valence-corrected chi connectivity index (χ3v) is 10.8. The van der Waals surface area contributed by atoms with Crippen molar-refractivity contribution in [3.8, 4) is 0 Å². The first-order valence-corrected chi connectivity index (χ1v) is 19.5. The summed E-state index contributed by atoms with van der Waals surface area (Å²) in [6, 6.07) is 0. The molecule has 0 aromatic rings. The average Bonchev–Trinajstić information content (AvgIpc) is 3.16. The third-order valence-electron chi connectivity index (χ3n) is 10.8. The van der Waals surface area contributed by atoms with Crippen molar-refractivity contribution in [2.45, 2.75) is 189 Å². The van der Waals surface area contributed by atoms with E-state index in [4.69, 9.17) is 28.4 Å². The summed E-state index contributed by atoms with van der Waals surface area (Å²) in [5.74, 6) is 0. The zero-order valence-electron chi connectivity index (χ0n) is 31.3. The smallest absolute Gasteiger partial charge is 0.187 e. The van der Waals surface area contributed by atoms with Crippen LogP contribution in [0.5, 0.6) is 0 Å². The fourth-order valence-electron chi connectivity index (χ4n) is 7.26. The summed E-state index contributed by atoms with van der Waals surface area (Å²) in [4.78, 5) is 0. The minimum absolute atomic E-state index is 0.0317.